The third-order valence-corrected chi connectivity index (χ3v) is 5.79. The van der Waals surface area contributed by atoms with Gasteiger partial charge in [0.05, 0.1) is 12.2 Å². The topological polar surface area (TPSA) is 73.2 Å². The van der Waals surface area contributed by atoms with Crippen LogP contribution in [0.5, 0.6) is 5.75 Å². The summed E-state index contributed by atoms with van der Waals surface area (Å²) in [7, 11) is -3.59. The van der Waals surface area contributed by atoms with Crippen molar-refractivity contribution in [2.24, 2.45) is 0 Å². The zero-order valence-electron chi connectivity index (χ0n) is 12.1. The number of thiophene rings is 1. The van der Waals surface area contributed by atoms with Gasteiger partial charge in [0.1, 0.15) is 16.6 Å². The van der Waals surface area contributed by atoms with Gasteiger partial charge in [-0.25, -0.2) is 8.42 Å². The molecule has 0 aliphatic carbocycles. The predicted molar refractivity (Wildman–Crippen MR) is 89.3 cm³/mol. The van der Waals surface area contributed by atoms with Crippen LogP contribution in [0.3, 0.4) is 0 Å². The molecule has 3 aromatic rings. The molecule has 23 heavy (non-hydrogen) atoms. The van der Waals surface area contributed by atoms with Crippen molar-refractivity contribution in [2.45, 2.75) is 10.8 Å². The summed E-state index contributed by atoms with van der Waals surface area (Å²) in [6.45, 7) is 0.971. The Kier molecular flexibility index (Phi) is 4.63. The number of anilines is 1. The molecule has 2 aromatic heterocycles. The maximum atomic E-state index is 12.3. The Morgan fingerprint density at radius 1 is 1.17 bits per heavy atom. The van der Waals surface area contributed by atoms with Gasteiger partial charge in [0, 0.05) is 12.4 Å². The Balaban J connectivity index is 1.70. The van der Waals surface area contributed by atoms with Gasteiger partial charge in [-0.15, -0.1) is 11.3 Å². The highest BCUT2D eigenvalue weighted by Crippen LogP contribution is 2.27. The Morgan fingerprint density at radius 2 is 2.04 bits per heavy atom. The van der Waals surface area contributed by atoms with Crippen molar-refractivity contribution in [3.63, 3.8) is 0 Å². The molecule has 0 aliphatic heterocycles. The number of nitrogens with zero attached hydrogens (tertiary/aromatic N) is 2. The second kappa shape index (κ2) is 6.84. The van der Waals surface area contributed by atoms with Crippen LogP contribution in [0.2, 0.25) is 0 Å². The largest absolute Gasteiger partial charge is 0.489 e. The summed E-state index contributed by atoms with van der Waals surface area (Å²) in [6.07, 6.45) is 3.54. The molecule has 6 nitrogen and oxygen atoms in total. The predicted octanol–water partition coefficient (Wildman–Crippen LogP) is 2.82. The van der Waals surface area contributed by atoms with Crippen LogP contribution in [-0.2, 0) is 16.6 Å². The molecule has 0 bridgehead atoms. The summed E-state index contributed by atoms with van der Waals surface area (Å²) >= 11 is 1.17. The fourth-order valence-corrected chi connectivity index (χ4v) is 4.03. The molecule has 0 radical (unpaired) electrons. The molecule has 0 fully saturated rings. The first-order chi connectivity index (χ1) is 11.1. The summed E-state index contributed by atoms with van der Waals surface area (Å²) in [5.41, 5.74) is 0.418. The molecular formula is C15H15N3O3S2. The average molecular weight is 349 g/mol. The van der Waals surface area contributed by atoms with Crippen molar-refractivity contribution in [2.75, 3.05) is 11.3 Å². The zero-order valence-corrected chi connectivity index (χ0v) is 13.8. The molecule has 0 saturated carbocycles. The van der Waals surface area contributed by atoms with Gasteiger partial charge in [-0.05, 0) is 29.6 Å². The molecule has 0 aliphatic rings. The molecule has 8 heteroatoms. The maximum absolute atomic E-state index is 12.3. The minimum absolute atomic E-state index is 0.267. The van der Waals surface area contributed by atoms with Crippen LogP contribution >= 0.6 is 11.3 Å². The number of sulfonamides is 1. The summed E-state index contributed by atoms with van der Waals surface area (Å²) in [6, 6.07) is 12.1. The molecule has 1 aromatic carbocycles. The zero-order chi connectivity index (χ0) is 16.1. The fraction of sp³-hybridized carbons (Fsp3) is 0.133. The van der Waals surface area contributed by atoms with Crippen molar-refractivity contribution in [3.8, 4) is 5.75 Å². The molecule has 0 unspecified atom stereocenters. The van der Waals surface area contributed by atoms with Crippen molar-refractivity contribution < 1.29 is 13.2 Å². The second-order valence-electron chi connectivity index (χ2n) is 4.65. The fourth-order valence-electron chi connectivity index (χ4n) is 1.97. The van der Waals surface area contributed by atoms with Crippen LogP contribution in [0.1, 0.15) is 0 Å². The van der Waals surface area contributed by atoms with Gasteiger partial charge in [-0.3, -0.25) is 9.40 Å². The highest BCUT2D eigenvalue weighted by atomic mass is 32.2. The summed E-state index contributed by atoms with van der Waals surface area (Å²) in [5.74, 6) is 0.486. The molecule has 3 rings (SSSR count). The van der Waals surface area contributed by atoms with E-state index in [1.807, 2.05) is 12.3 Å². The van der Waals surface area contributed by atoms with Gasteiger partial charge in [0.15, 0.2) is 0 Å². The highest BCUT2D eigenvalue weighted by Gasteiger charge is 2.17. The molecule has 120 valence electrons. The Bertz CT molecular complexity index is 844. The Labute approximate surface area is 138 Å². The van der Waals surface area contributed by atoms with Crippen molar-refractivity contribution in [1.82, 2.24) is 9.78 Å². The van der Waals surface area contributed by atoms with E-state index < -0.39 is 10.0 Å². The molecular weight excluding hydrogens is 334 g/mol. The first-order valence-electron chi connectivity index (χ1n) is 6.91. The van der Waals surface area contributed by atoms with E-state index in [2.05, 4.69) is 9.82 Å². The minimum atomic E-state index is -3.59. The maximum Gasteiger partial charge on any atom is 0.271 e. The van der Waals surface area contributed by atoms with Crippen LogP contribution in [0, 0.1) is 0 Å². The SMILES string of the molecule is O=S(=O)(Nc1ccccc1OCCn1cccn1)c1cccs1. The lowest BCUT2D eigenvalue weighted by Gasteiger charge is -2.13. The highest BCUT2D eigenvalue weighted by molar-refractivity contribution is 7.94. The van der Waals surface area contributed by atoms with E-state index in [1.165, 1.54) is 11.3 Å². The first kappa shape index (κ1) is 15.6. The Morgan fingerprint density at radius 3 is 2.78 bits per heavy atom. The van der Waals surface area contributed by atoms with Gasteiger partial charge >= 0.3 is 0 Å². The molecule has 0 saturated heterocycles. The number of rotatable bonds is 7. The molecule has 0 spiro atoms. The summed E-state index contributed by atoms with van der Waals surface area (Å²) in [4.78, 5) is 0. The smallest absolute Gasteiger partial charge is 0.271 e. The summed E-state index contributed by atoms with van der Waals surface area (Å²) in [5, 5.41) is 5.81. The number of benzene rings is 1. The first-order valence-corrected chi connectivity index (χ1v) is 9.27. The number of para-hydroxylation sites is 2. The lowest BCUT2D eigenvalue weighted by Crippen LogP contribution is -2.14. The minimum Gasteiger partial charge on any atom is -0.489 e. The third-order valence-electron chi connectivity index (χ3n) is 3.03. The van der Waals surface area contributed by atoms with E-state index in [1.54, 1.807) is 52.7 Å². The second-order valence-corrected chi connectivity index (χ2v) is 7.51. The van der Waals surface area contributed by atoms with E-state index in [0.717, 1.165) is 0 Å². The summed E-state index contributed by atoms with van der Waals surface area (Å²) < 4.78 is 34.9. The lowest BCUT2D eigenvalue weighted by atomic mass is 10.3. The number of nitrogens with one attached hydrogen (secondary N) is 1. The van der Waals surface area contributed by atoms with E-state index in [0.29, 0.717) is 24.6 Å². The van der Waals surface area contributed by atoms with Crippen LogP contribution < -0.4 is 9.46 Å². The van der Waals surface area contributed by atoms with E-state index in [4.69, 9.17) is 4.74 Å². The van der Waals surface area contributed by atoms with Gasteiger partial charge in [0.2, 0.25) is 0 Å². The standard InChI is InChI=1S/C15H15N3O3S2/c19-23(20,15-7-3-12-22-15)17-13-5-1-2-6-14(13)21-11-10-18-9-4-8-16-18/h1-9,12,17H,10-11H2. The Hall–Kier alpha value is -2.32. The lowest BCUT2D eigenvalue weighted by molar-refractivity contribution is 0.292. The normalized spacial score (nSPS) is 11.3. The molecule has 0 atom stereocenters. The van der Waals surface area contributed by atoms with Crippen molar-refractivity contribution in [1.29, 1.82) is 0 Å². The van der Waals surface area contributed by atoms with Gasteiger partial charge < -0.3 is 4.74 Å². The quantitative estimate of drug-likeness (QED) is 0.712. The van der Waals surface area contributed by atoms with Gasteiger partial charge in [-0.2, -0.15) is 5.10 Å². The van der Waals surface area contributed by atoms with E-state index in [9.17, 15) is 8.42 Å². The van der Waals surface area contributed by atoms with Crippen molar-refractivity contribution >= 4 is 27.0 Å². The number of hydrogen-bond acceptors (Lipinski definition) is 5. The molecule has 0 amide bonds. The van der Waals surface area contributed by atoms with Crippen LogP contribution in [0.25, 0.3) is 0 Å². The third kappa shape index (κ3) is 3.91. The number of ether oxygens (including phenoxy) is 1. The van der Waals surface area contributed by atoms with Crippen LogP contribution in [0.4, 0.5) is 5.69 Å². The van der Waals surface area contributed by atoms with Crippen LogP contribution in [-0.4, -0.2) is 24.8 Å². The molecule has 2 heterocycles. The number of hydrogen-bond donors (Lipinski definition) is 1. The van der Waals surface area contributed by atoms with Crippen LogP contribution in [0.15, 0.2) is 64.4 Å². The monoisotopic (exact) mass is 349 g/mol. The van der Waals surface area contributed by atoms with E-state index >= 15 is 0 Å². The molecule has 1 N–H and O–H groups in total. The average Bonchev–Trinajstić information content (AvgIpc) is 3.22. The van der Waals surface area contributed by atoms with Crippen molar-refractivity contribution in [3.05, 3.63) is 60.2 Å². The van der Waals surface area contributed by atoms with E-state index in [-0.39, 0.29) is 4.21 Å². The number of aromatic nitrogens is 2. The van der Waals surface area contributed by atoms with Gasteiger partial charge in [-0.1, -0.05) is 18.2 Å². The van der Waals surface area contributed by atoms with Gasteiger partial charge in [0.25, 0.3) is 10.0 Å².